The van der Waals surface area contributed by atoms with Crippen molar-refractivity contribution < 1.29 is 4.42 Å². The highest BCUT2D eigenvalue weighted by atomic mass is 16.3. The SMILES string of the molecule is O=c1[nH]c2nccnc2c(=O)n1CCCCc1cc2ccccc2o1. The molecule has 1 N–H and O–H groups in total. The summed E-state index contributed by atoms with van der Waals surface area (Å²) in [6.07, 6.45) is 5.13. The van der Waals surface area contributed by atoms with Crippen LogP contribution in [-0.4, -0.2) is 19.5 Å². The predicted molar refractivity (Wildman–Crippen MR) is 93.6 cm³/mol. The van der Waals surface area contributed by atoms with Gasteiger partial charge in [-0.25, -0.2) is 14.8 Å². The zero-order valence-electron chi connectivity index (χ0n) is 13.4. The minimum Gasteiger partial charge on any atom is -0.461 e. The van der Waals surface area contributed by atoms with Crippen molar-refractivity contribution in [3.05, 3.63) is 69.3 Å². The minimum absolute atomic E-state index is 0.180. The van der Waals surface area contributed by atoms with Gasteiger partial charge in [0.15, 0.2) is 11.2 Å². The lowest BCUT2D eigenvalue weighted by atomic mass is 10.2. The van der Waals surface area contributed by atoms with Crippen molar-refractivity contribution in [2.45, 2.75) is 25.8 Å². The number of aromatic nitrogens is 4. The van der Waals surface area contributed by atoms with E-state index in [9.17, 15) is 9.59 Å². The molecule has 0 saturated carbocycles. The van der Waals surface area contributed by atoms with E-state index in [1.807, 2.05) is 30.3 Å². The molecular weight excluding hydrogens is 320 g/mol. The summed E-state index contributed by atoms with van der Waals surface area (Å²) >= 11 is 0. The zero-order valence-corrected chi connectivity index (χ0v) is 13.4. The van der Waals surface area contributed by atoms with E-state index in [0.717, 1.165) is 29.6 Å². The molecule has 1 aromatic carbocycles. The lowest BCUT2D eigenvalue weighted by Gasteiger charge is -2.05. The average molecular weight is 336 g/mol. The smallest absolute Gasteiger partial charge is 0.330 e. The molecule has 7 nitrogen and oxygen atoms in total. The molecule has 0 aliphatic heterocycles. The number of furan rings is 1. The Morgan fingerprint density at radius 3 is 2.80 bits per heavy atom. The van der Waals surface area contributed by atoms with Gasteiger partial charge in [0.05, 0.1) is 0 Å². The summed E-state index contributed by atoms with van der Waals surface area (Å²) in [5.74, 6) is 0.909. The highest BCUT2D eigenvalue weighted by Crippen LogP contribution is 2.20. The Hall–Kier alpha value is -3.22. The van der Waals surface area contributed by atoms with Crippen LogP contribution in [0.1, 0.15) is 18.6 Å². The number of rotatable bonds is 5. The van der Waals surface area contributed by atoms with Crippen molar-refractivity contribution in [3.63, 3.8) is 0 Å². The average Bonchev–Trinajstić information content (AvgIpc) is 3.03. The molecule has 126 valence electrons. The Morgan fingerprint density at radius 1 is 1.08 bits per heavy atom. The molecule has 0 radical (unpaired) electrons. The first-order valence-electron chi connectivity index (χ1n) is 8.14. The van der Waals surface area contributed by atoms with E-state index in [1.165, 1.54) is 17.0 Å². The van der Waals surface area contributed by atoms with Gasteiger partial charge in [-0.2, -0.15) is 0 Å². The molecule has 0 bridgehead atoms. The first-order chi connectivity index (χ1) is 12.2. The summed E-state index contributed by atoms with van der Waals surface area (Å²) in [6.45, 7) is 0.334. The van der Waals surface area contributed by atoms with Gasteiger partial charge in [-0.3, -0.25) is 14.3 Å². The number of aromatic amines is 1. The Labute approximate surface area is 142 Å². The first kappa shape index (κ1) is 15.3. The van der Waals surface area contributed by atoms with Crippen LogP contribution >= 0.6 is 0 Å². The molecule has 25 heavy (non-hydrogen) atoms. The number of nitrogens with one attached hydrogen (secondary N) is 1. The van der Waals surface area contributed by atoms with Crippen LogP contribution in [0.2, 0.25) is 0 Å². The Balaban J connectivity index is 1.46. The predicted octanol–water partition coefficient (Wildman–Crippen LogP) is 2.25. The third-order valence-corrected chi connectivity index (χ3v) is 4.15. The Kier molecular flexibility index (Phi) is 3.89. The highest BCUT2D eigenvalue weighted by molar-refractivity contribution is 5.77. The summed E-state index contributed by atoms with van der Waals surface area (Å²) in [5, 5.41) is 1.08. The lowest BCUT2D eigenvalue weighted by Crippen LogP contribution is -2.35. The van der Waals surface area contributed by atoms with Gasteiger partial charge in [0.25, 0.3) is 5.56 Å². The summed E-state index contributed by atoms with van der Waals surface area (Å²) < 4.78 is 6.95. The quantitative estimate of drug-likeness (QED) is 0.564. The van der Waals surface area contributed by atoms with E-state index in [0.29, 0.717) is 13.0 Å². The second kappa shape index (κ2) is 6.35. The molecule has 0 aliphatic carbocycles. The zero-order chi connectivity index (χ0) is 17.2. The fraction of sp³-hybridized carbons (Fsp3) is 0.222. The van der Waals surface area contributed by atoms with E-state index in [1.54, 1.807) is 0 Å². The van der Waals surface area contributed by atoms with Crippen LogP contribution in [0, 0.1) is 0 Å². The molecule has 0 amide bonds. The standard InChI is InChI=1S/C18H16N4O3/c23-17-15-16(20-9-8-19-15)21-18(24)22(17)10-4-3-6-13-11-12-5-1-2-7-14(12)25-13/h1-2,5,7-9,11H,3-4,6,10H2,(H,20,21,24). The molecule has 0 spiro atoms. The molecular formula is C18H16N4O3. The largest absolute Gasteiger partial charge is 0.461 e. The van der Waals surface area contributed by atoms with Crippen LogP contribution in [0.4, 0.5) is 0 Å². The van der Waals surface area contributed by atoms with Gasteiger partial charge < -0.3 is 4.42 Å². The number of hydrogen-bond acceptors (Lipinski definition) is 5. The first-order valence-corrected chi connectivity index (χ1v) is 8.14. The Morgan fingerprint density at radius 2 is 1.92 bits per heavy atom. The second-order valence-corrected chi connectivity index (χ2v) is 5.85. The summed E-state index contributed by atoms with van der Waals surface area (Å²) in [5.41, 5.74) is 0.408. The number of aryl methyl sites for hydroxylation is 1. The van der Waals surface area contributed by atoms with Crippen LogP contribution in [0.3, 0.4) is 0 Å². The van der Waals surface area contributed by atoms with Crippen molar-refractivity contribution in [1.82, 2.24) is 19.5 Å². The van der Waals surface area contributed by atoms with Crippen molar-refractivity contribution in [3.8, 4) is 0 Å². The van der Waals surface area contributed by atoms with E-state index in [4.69, 9.17) is 4.42 Å². The number of fused-ring (bicyclic) bond motifs is 2. The van der Waals surface area contributed by atoms with Gasteiger partial charge >= 0.3 is 5.69 Å². The maximum absolute atomic E-state index is 12.4. The number of H-pyrrole nitrogens is 1. The molecule has 3 heterocycles. The van der Waals surface area contributed by atoms with E-state index in [2.05, 4.69) is 15.0 Å². The van der Waals surface area contributed by atoms with Crippen molar-refractivity contribution >= 4 is 22.1 Å². The second-order valence-electron chi connectivity index (χ2n) is 5.85. The van der Waals surface area contributed by atoms with Gasteiger partial charge in [-0.1, -0.05) is 18.2 Å². The van der Waals surface area contributed by atoms with Gasteiger partial charge in [-0.15, -0.1) is 0 Å². The van der Waals surface area contributed by atoms with Crippen molar-refractivity contribution in [2.75, 3.05) is 0 Å². The summed E-state index contributed by atoms with van der Waals surface area (Å²) in [4.78, 5) is 35.0. The van der Waals surface area contributed by atoms with Gasteiger partial charge in [0.2, 0.25) is 0 Å². The minimum atomic E-state index is -0.457. The van der Waals surface area contributed by atoms with E-state index >= 15 is 0 Å². The normalized spacial score (nSPS) is 11.4. The fourth-order valence-corrected chi connectivity index (χ4v) is 2.91. The number of nitrogens with zero attached hydrogens (tertiary/aromatic N) is 3. The lowest BCUT2D eigenvalue weighted by molar-refractivity contribution is 0.511. The summed E-state index contributed by atoms with van der Waals surface area (Å²) in [7, 11) is 0. The van der Waals surface area contributed by atoms with E-state index < -0.39 is 11.2 Å². The molecule has 0 atom stereocenters. The molecule has 0 saturated heterocycles. The number of para-hydroxylation sites is 1. The maximum Gasteiger partial charge on any atom is 0.330 e. The number of hydrogen-bond donors (Lipinski definition) is 1. The summed E-state index contributed by atoms with van der Waals surface area (Å²) in [6, 6.07) is 9.89. The molecule has 0 fully saturated rings. The monoisotopic (exact) mass is 336 g/mol. The van der Waals surface area contributed by atoms with Crippen LogP contribution < -0.4 is 11.2 Å². The molecule has 0 aliphatic rings. The van der Waals surface area contributed by atoms with Crippen molar-refractivity contribution in [2.24, 2.45) is 0 Å². The molecule has 0 unspecified atom stereocenters. The van der Waals surface area contributed by atoms with Gasteiger partial charge in [-0.05, 0) is 25.0 Å². The molecule has 4 aromatic rings. The number of unbranched alkanes of at least 4 members (excludes halogenated alkanes) is 1. The molecule has 3 aromatic heterocycles. The van der Waals surface area contributed by atoms with Crippen LogP contribution in [0.25, 0.3) is 22.1 Å². The van der Waals surface area contributed by atoms with Crippen LogP contribution in [0.5, 0.6) is 0 Å². The third kappa shape index (κ3) is 2.96. The van der Waals surface area contributed by atoms with Gasteiger partial charge in [0, 0.05) is 30.7 Å². The van der Waals surface area contributed by atoms with Gasteiger partial charge in [0.1, 0.15) is 11.3 Å². The molecule has 4 rings (SSSR count). The number of benzene rings is 1. The topological polar surface area (TPSA) is 93.8 Å². The highest BCUT2D eigenvalue weighted by Gasteiger charge is 2.09. The van der Waals surface area contributed by atoms with Crippen LogP contribution in [-0.2, 0) is 13.0 Å². The van der Waals surface area contributed by atoms with Crippen LogP contribution in [0.15, 0.2) is 56.7 Å². The maximum atomic E-state index is 12.4. The Bertz CT molecular complexity index is 1120. The third-order valence-electron chi connectivity index (χ3n) is 4.15. The van der Waals surface area contributed by atoms with Crippen molar-refractivity contribution in [1.29, 1.82) is 0 Å². The fourth-order valence-electron chi connectivity index (χ4n) is 2.91. The van der Waals surface area contributed by atoms with E-state index in [-0.39, 0.29) is 11.2 Å². The molecule has 7 heteroatoms.